The van der Waals surface area contributed by atoms with E-state index in [-0.39, 0.29) is 12.5 Å². The molecule has 0 saturated carbocycles. The van der Waals surface area contributed by atoms with Crippen LogP contribution in [0.2, 0.25) is 0 Å². The number of carbonyl (C=O) groups is 3. The third-order valence-corrected chi connectivity index (χ3v) is 5.26. The van der Waals surface area contributed by atoms with Gasteiger partial charge in [0.1, 0.15) is 23.0 Å². The standard InChI is InChI=1S/C20H29N5O5/c1-13(26)15(23-18(29)30-19(2,3)4)16(27)25-10-5-7-20(25)12-24(17(20)28)11-14-21-8-6-9-22-14/h6,8-9,13,15,26H,5,7,10-12H2,1-4H3,(H,23,29). The highest BCUT2D eigenvalue weighted by Gasteiger charge is 2.60. The maximum absolute atomic E-state index is 13.2. The van der Waals surface area contributed by atoms with Gasteiger partial charge in [0.2, 0.25) is 5.91 Å². The minimum atomic E-state index is -1.20. The number of hydrogen-bond acceptors (Lipinski definition) is 7. The average Bonchev–Trinajstić information content (AvgIpc) is 3.11. The quantitative estimate of drug-likeness (QED) is 0.664. The summed E-state index contributed by atoms with van der Waals surface area (Å²) in [6.07, 6.45) is 2.51. The number of carbonyl (C=O) groups excluding carboxylic acids is 3. The van der Waals surface area contributed by atoms with Crippen LogP contribution in [0.5, 0.6) is 0 Å². The van der Waals surface area contributed by atoms with Crippen LogP contribution in [0.15, 0.2) is 18.5 Å². The SMILES string of the molecule is CC(O)C(NC(=O)OC(C)(C)C)C(=O)N1CCCC12CN(Cc1ncccn1)C2=O. The Morgan fingerprint density at radius 3 is 2.57 bits per heavy atom. The fourth-order valence-electron chi connectivity index (χ4n) is 3.95. The molecule has 2 fully saturated rings. The fraction of sp³-hybridized carbons (Fsp3) is 0.650. The zero-order valence-electron chi connectivity index (χ0n) is 17.8. The van der Waals surface area contributed by atoms with Crippen LogP contribution in [-0.4, -0.2) is 79.2 Å². The van der Waals surface area contributed by atoms with Gasteiger partial charge in [0.25, 0.3) is 5.91 Å². The molecule has 3 amide bonds. The number of likely N-dealkylation sites (tertiary alicyclic amines) is 2. The lowest BCUT2D eigenvalue weighted by Crippen LogP contribution is -2.74. The second-order valence-corrected chi connectivity index (χ2v) is 8.82. The topological polar surface area (TPSA) is 125 Å². The van der Waals surface area contributed by atoms with Gasteiger partial charge in [-0.25, -0.2) is 14.8 Å². The molecule has 1 aromatic heterocycles. The van der Waals surface area contributed by atoms with E-state index in [2.05, 4.69) is 15.3 Å². The van der Waals surface area contributed by atoms with Gasteiger partial charge in [-0.1, -0.05) is 0 Å². The number of alkyl carbamates (subject to hydrolysis) is 1. The zero-order valence-corrected chi connectivity index (χ0v) is 17.8. The Balaban J connectivity index is 1.70. The molecule has 10 nitrogen and oxygen atoms in total. The third-order valence-electron chi connectivity index (χ3n) is 5.26. The van der Waals surface area contributed by atoms with Crippen LogP contribution in [0.3, 0.4) is 0 Å². The van der Waals surface area contributed by atoms with Crippen LogP contribution in [-0.2, 0) is 20.9 Å². The smallest absolute Gasteiger partial charge is 0.408 e. The van der Waals surface area contributed by atoms with E-state index >= 15 is 0 Å². The van der Waals surface area contributed by atoms with Crippen LogP contribution < -0.4 is 5.32 Å². The van der Waals surface area contributed by atoms with Crippen LogP contribution in [0.4, 0.5) is 4.79 Å². The van der Waals surface area contributed by atoms with Gasteiger partial charge in [-0.3, -0.25) is 9.59 Å². The summed E-state index contributed by atoms with van der Waals surface area (Å²) in [7, 11) is 0. The number of aliphatic hydroxyl groups excluding tert-OH is 1. The van der Waals surface area contributed by atoms with E-state index in [0.717, 1.165) is 0 Å². The number of rotatable bonds is 5. The molecule has 3 heterocycles. The highest BCUT2D eigenvalue weighted by molar-refractivity contribution is 5.99. The Bertz CT molecular complexity index is 810. The molecular formula is C20H29N5O5. The summed E-state index contributed by atoms with van der Waals surface area (Å²) in [5.74, 6) is -0.121. The van der Waals surface area contributed by atoms with E-state index < -0.39 is 35.3 Å². The number of aromatic nitrogens is 2. The molecule has 2 aliphatic rings. The van der Waals surface area contributed by atoms with Gasteiger partial charge in [-0.2, -0.15) is 0 Å². The van der Waals surface area contributed by atoms with Gasteiger partial charge in [-0.05, 0) is 46.6 Å². The van der Waals surface area contributed by atoms with Crippen molar-refractivity contribution in [3.63, 3.8) is 0 Å². The number of amides is 3. The van der Waals surface area contributed by atoms with Crippen molar-refractivity contribution in [2.75, 3.05) is 13.1 Å². The summed E-state index contributed by atoms with van der Waals surface area (Å²) in [4.78, 5) is 49.7. The van der Waals surface area contributed by atoms with E-state index in [4.69, 9.17) is 4.74 Å². The lowest BCUT2D eigenvalue weighted by molar-refractivity contribution is -0.170. The molecule has 2 saturated heterocycles. The molecule has 164 valence electrons. The number of nitrogens with zero attached hydrogens (tertiary/aromatic N) is 4. The minimum Gasteiger partial charge on any atom is -0.444 e. The Kier molecular flexibility index (Phi) is 5.98. The molecule has 3 rings (SSSR count). The molecular weight excluding hydrogens is 390 g/mol. The molecule has 30 heavy (non-hydrogen) atoms. The van der Waals surface area contributed by atoms with Gasteiger partial charge in [0.05, 0.1) is 19.2 Å². The molecule has 3 atom stereocenters. The Hall–Kier alpha value is -2.75. The first-order chi connectivity index (χ1) is 14.0. The lowest BCUT2D eigenvalue weighted by Gasteiger charge is -2.51. The van der Waals surface area contributed by atoms with Gasteiger partial charge >= 0.3 is 6.09 Å². The van der Waals surface area contributed by atoms with Crippen molar-refractivity contribution in [2.45, 2.75) is 70.4 Å². The van der Waals surface area contributed by atoms with Crippen LogP contribution in [0.25, 0.3) is 0 Å². The molecule has 0 aliphatic carbocycles. The molecule has 0 radical (unpaired) electrons. The van der Waals surface area contributed by atoms with Crippen molar-refractivity contribution >= 4 is 17.9 Å². The van der Waals surface area contributed by atoms with Gasteiger partial charge in [-0.15, -0.1) is 0 Å². The van der Waals surface area contributed by atoms with Crippen LogP contribution >= 0.6 is 0 Å². The van der Waals surface area contributed by atoms with Crippen molar-refractivity contribution in [2.24, 2.45) is 0 Å². The summed E-state index contributed by atoms with van der Waals surface area (Å²) >= 11 is 0. The summed E-state index contributed by atoms with van der Waals surface area (Å²) < 4.78 is 5.21. The zero-order chi connectivity index (χ0) is 22.1. The van der Waals surface area contributed by atoms with Crippen LogP contribution in [0.1, 0.15) is 46.4 Å². The predicted octanol–water partition coefficient (Wildman–Crippen LogP) is 0.454. The normalized spacial score (nSPS) is 23.2. The minimum absolute atomic E-state index is 0.164. The van der Waals surface area contributed by atoms with Crippen molar-refractivity contribution in [1.29, 1.82) is 0 Å². The summed E-state index contributed by atoms with van der Waals surface area (Å²) in [5.41, 5.74) is -1.68. The maximum atomic E-state index is 13.2. The lowest BCUT2D eigenvalue weighted by atomic mass is 9.85. The average molecular weight is 419 g/mol. The maximum Gasteiger partial charge on any atom is 0.408 e. The summed E-state index contributed by atoms with van der Waals surface area (Å²) in [6.45, 7) is 7.58. The van der Waals surface area contributed by atoms with E-state index in [1.54, 1.807) is 44.1 Å². The first-order valence-electron chi connectivity index (χ1n) is 10.1. The van der Waals surface area contributed by atoms with Crippen molar-refractivity contribution in [1.82, 2.24) is 25.1 Å². The number of nitrogens with one attached hydrogen (secondary N) is 1. The number of β-lactam (4-membered cyclic amide) rings is 1. The molecule has 1 spiro atoms. The first-order valence-corrected chi connectivity index (χ1v) is 10.1. The third kappa shape index (κ3) is 4.38. The number of ether oxygens (including phenoxy) is 1. The largest absolute Gasteiger partial charge is 0.444 e. The van der Waals surface area contributed by atoms with Crippen molar-refractivity contribution < 1.29 is 24.2 Å². The Morgan fingerprint density at radius 2 is 2.00 bits per heavy atom. The highest BCUT2D eigenvalue weighted by atomic mass is 16.6. The Morgan fingerprint density at radius 1 is 1.33 bits per heavy atom. The van der Waals surface area contributed by atoms with Crippen molar-refractivity contribution in [3.8, 4) is 0 Å². The number of hydrogen-bond donors (Lipinski definition) is 2. The van der Waals surface area contributed by atoms with Gasteiger partial charge in [0, 0.05) is 18.9 Å². The second kappa shape index (κ2) is 8.17. The predicted molar refractivity (Wildman–Crippen MR) is 106 cm³/mol. The van der Waals surface area contributed by atoms with E-state index in [1.807, 2.05) is 0 Å². The fourth-order valence-corrected chi connectivity index (χ4v) is 3.95. The second-order valence-electron chi connectivity index (χ2n) is 8.82. The summed E-state index contributed by atoms with van der Waals surface area (Å²) in [6, 6.07) is 0.503. The van der Waals surface area contributed by atoms with Gasteiger partial charge < -0.3 is 25.0 Å². The highest BCUT2D eigenvalue weighted by Crippen LogP contribution is 2.40. The van der Waals surface area contributed by atoms with Crippen LogP contribution in [0, 0.1) is 0 Å². The summed E-state index contributed by atoms with van der Waals surface area (Å²) in [5, 5.41) is 12.6. The molecule has 2 N–H and O–H groups in total. The molecule has 0 bridgehead atoms. The molecule has 0 aromatic carbocycles. The molecule has 2 aliphatic heterocycles. The van der Waals surface area contributed by atoms with Crippen molar-refractivity contribution in [3.05, 3.63) is 24.3 Å². The first kappa shape index (κ1) is 21.9. The van der Waals surface area contributed by atoms with Gasteiger partial charge in [0.15, 0.2) is 0 Å². The molecule has 3 unspecified atom stereocenters. The number of aliphatic hydroxyl groups is 1. The van der Waals surface area contributed by atoms with E-state index in [0.29, 0.717) is 31.8 Å². The van der Waals surface area contributed by atoms with E-state index in [9.17, 15) is 19.5 Å². The Labute approximate surface area is 175 Å². The monoisotopic (exact) mass is 419 g/mol. The molecule has 1 aromatic rings. The molecule has 10 heteroatoms. The van der Waals surface area contributed by atoms with E-state index in [1.165, 1.54) is 11.8 Å².